The lowest BCUT2D eigenvalue weighted by molar-refractivity contribution is 0.326. The summed E-state index contributed by atoms with van der Waals surface area (Å²) in [4.78, 5) is 6.41. The van der Waals surface area contributed by atoms with Gasteiger partial charge in [0.15, 0.2) is 0 Å². The average Bonchev–Trinajstić information content (AvgIpc) is 2.14. The Kier molecular flexibility index (Phi) is 7.93. The molecule has 0 saturated carbocycles. The summed E-state index contributed by atoms with van der Waals surface area (Å²) in [5.74, 6) is 6.74. The van der Waals surface area contributed by atoms with Crippen LogP contribution in [0.1, 0.15) is 27.2 Å². The molecule has 5 heteroatoms. The molecule has 0 radical (unpaired) electrons. The molecule has 0 aromatic heterocycles. The maximum absolute atomic E-state index is 5.41. The molecule has 0 aliphatic heterocycles. The highest BCUT2D eigenvalue weighted by atomic mass is 15.3. The third-order valence-corrected chi connectivity index (χ3v) is 2.14. The van der Waals surface area contributed by atoms with Crippen LogP contribution in [0.5, 0.6) is 0 Å². The van der Waals surface area contributed by atoms with E-state index in [0.717, 1.165) is 19.5 Å². The molecule has 16 heavy (non-hydrogen) atoms. The van der Waals surface area contributed by atoms with Crippen LogP contribution in [0.2, 0.25) is 0 Å². The highest BCUT2D eigenvalue weighted by Gasteiger charge is 2.13. The van der Waals surface area contributed by atoms with Crippen molar-refractivity contribution in [3.8, 4) is 0 Å². The van der Waals surface area contributed by atoms with Crippen molar-refractivity contribution in [2.24, 2.45) is 16.8 Å². The predicted octanol–water partition coefficient (Wildman–Crippen LogP) is 0.392. The first-order chi connectivity index (χ1) is 7.49. The Morgan fingerprint density at radius 1 is 1.38 bits per heavy atom. The topological polar surface area (TPSA) is 65.7 Å². The van der Waals surface area contributed by atoms with Crippen molar-refractivity contribution in [2.45, 2.75) is 33.2 Å². The van der Waals surface area contributed by atoms with Crippen LogP contribution in [0.3, 0.4) is 0 Å². The van der Waals surface area contributed by atoms with Gasteiger partial charge in [-0.1, -0.05) is 13.8 Å². The fourth-order valence-electron chi connectivity index (χ4n) is 1.67. The molecule has 1 atom stereocenters. The fourth-order valence-corrected chi connectivity index (χ4v) is 1.67. The number of likely N-dealkylation sites (N-methyl/N-ethyl adjacent to an activating group) is 1. The summed E-state index contributed by atoms with van der Waals surface area (Å²) < 4.78 is 0. The molecule has 0 fully saturated rings. The second-order valence-electron chi connectivity index (χ2n) is 4.70. The standard InChI is InChI=1S/C11H27N5/c1-6-13-11(15-12)14-10(7-9(2)3)8-16(4)5/h9-10H,6-8,12H2,1-5H3,(H2,13,14,15). The van der Waals surface area contributed by atoms with E-state index in [9.17, 15) is 0 Å². The van der Waals surface area contributed by atoms with Gasteiger partial charge in [-0.2, -0.15) is 0 Å². The Balaban J connectivity index is 4.33. The molecule has 0 spiro atoms. The maximum atomic E-state index is 5.41. The zero-order valence-corrected chi connectivity index (χ0v) is 11.2. The third-order valence-electron chi connectivity index (χ3n) is 2.14. The minimum Gasteiger partial charge on any atom is -0.351 e. The molecule has 5 nitrogen and oxygen atoms in total. The van der Waals surface area contributed by atoms with E-state index >= 15 is 0 Å². The van der Waals surface area contributed by atoms with Gasteiger partial charge in [-0.25, -0.2) is 5.84 Å². The van der Waals surface area contributed by atoms with Gasteiger partial charge in [-0.15, -0.1) is 0 Å². The second kappa shape index (κ2) is 8.35. The van der Waals surface area contributed by atoms with Crippen molar-refractivity contribution in [3.05, 3.63) is 0 Å². The highest BCUT2D eigenvalue weighted by molar-refractivity contribution is 5.79. The molecule has 0 aromatic carbocycles. The van der Waals surface area contributed by atoms with E-state index in [1.165, 1.54) is 0 Å². The fraction of sp³-hybridized carbons (Fsp3) is 0.909. The van der Waals surface area contributed by atoms with Gasteiger partial charge < -0.3 is 10.2 Å². The Hall–Kier alpha value is -0.810. The van der Waals surface area contributed by atoms with Crippen molar-refractivity contribution in [2.75, 3.05) is 27.2 Å². The molecule has 0 heterocycles. The Labute approximate surface area is 99.5 Å². The second-order valence-corrected chi connectivity index (χ2v) is 4.70. The zero-order valence-electron chi connectivity index (χ0n) is 11.2. The van der Waals surface area contributed by atoms with Crippen LogP contribution in [0, 0.1) is 5.92 Å². The van der Waals surface area contributed by atoms with Crippen LogP contribution in [-0.2, 0) is 0 Å². The van der Waals surface area contributed by atoms with Crippen LogP contribution in [-0.4, -0.2) is 44.1 Å². The Morgan fingerprint density at radius 2 is 2.00 bits per heavy atom. The van der Waals surface area contributed by atoms with Crippen LogP contribution in [0.15, 0.2) is 4.99 Å². The van der Waals surface area contributed by atoms with Crippen LogP contribution < -0.4 is 16.6 Å². The zero-order chi connectivity index (χ0) is 12.6. The van der Waals surface area contributed by atoms with Crippen LogP contribution in [0.4, 0.5) is 0 Å². The molecule has 0 aliphatic rings. The minimum absolute atomic E-state index is 0.372. The smallest absolute Gasteiger partial charge is 0.205 e. The van der Waals surface area contributed by atoms with Gasteiger partial charge in [0.25, 0.3) is 0 Å². The maximum Gasteiger partial charge on any atom is 0.205 e. The number of guanidine groups is 1. The van der Waals surface area contributed by atoms with E-state index in [1.807, 2.05) is 6.92 Å². The summed E-state index contributed by atoms with van der Waals surface area (Å²) in [7, 11) is 4.14. The summed E-state index contributed by atoms with van der Waals surface area (Å²) >= 11 is 0. The van der Waals surface area contributed by atoms with Gasteiger partial charge in [0, 0.05) is 19.1 Å². The van der Waals surface area contributed by atoms with Crippen LogP contribution >= 0.6 is 0 Å². The number of nitrogens with zero attached hydrogens (tertiary/aromatic N) is 2. The monoisotopic (exact) mass is 229 g/mol. The SMILES string of the molecule is CCN=C(NN)NC(CC(C)C)CN(C)C. The molecule has 0 aliphatic carbocycles. The van der Waals surface area contributed by atoms with Gasteiger partial charge in [-0.3, -0.25) is 10.4 Å². The van der Waals surface area contributed by atoms with E-state index in [1.54, 1.807) is 0 Å². The number of nitrogens with one attached hydrogen (secondary N) is 2. The lowest BCUT2D eigenvalue weighted by Gasteiger charge is -2.25. The van der Waals surface area contributed by atoms with Gasteiger partial charge in [0.1, 0.15) is 0 Å². The number of hydrazine groups is 1. The minimum atomic E-state index is 0.372. The largest absolute Gasteiger partial charge is 0.351 e. The molecule has 96 valence electrons. The average molecular weight is 229 g/mol. The molecule has 0 aromatic rings. The summed E-state index contributed by atoms with van der Waals surface area (Å²) in [5.41, 5.74) is 2.60. The molecular weight excluding hydrogens is 202 g/mol. The van der Waals surface area contributed by atoms with Gasteiger partial charge in [-0.05, 0) is 33.4 Å². The Morgan fingerprint density at radius 3 is 2.38 bits per heavy atom. The van der Waals surface area contributed by atoms with Gasteiger partial charge in [0.2, 0.25) is 5.96 Å². The summed E-state index contributed by atoms with van der Waals surface area (Å²) in [6.45, 7) is 8.13. The predicted molar refractivity (Wildman–Crippen MR) is 70.2 cm³/mol. The Bertz CT molecular complexity index is 191. The van der Waals surface area contributed by atoms with Crippen molar-refractivity contribution < 1.29 is 0 Å². The summed E-state index contributed by atoms with van der Waals surface area (Å²) in [6.07, 6.45) is 1.10. The number of aliphatic imine (C=N–C) groups is 1. The first-order valence-electron chi connectivity index (χ1n) is 5.91. The van der Waals surface area contributed by atoms with E-state index in [2.05, 4.69) is 48.6 Å². The van der Waals surface area contributed by atoms with Gasteiger partial charge in [0.05, 0.1) is 0 Å². The molecule has 0 rings (SSSR count). The molecule has 1 unspecified atom stereocenters. The van der Waals surface area contributed by atoms with Crippen molar-refractivity contribution in [1.29, 1.82) is 0 Å². The first kappa shape index (κ1) is 15.2. The molecule has 0 bridgehead atoms. The van der Waals surface area contributed by atoms with E-state index in [4.69, 9.17) is 5.84 Å². The highest BCUT2D eigenvalue weighted by Crippen LogP contribution is 2.05. The lowest BCUT2D eigenvalue weighted by Crippen LogP contribution is -2.50. The number of rotatable bonds is 6. The van der Waals surface area contributed by atoms with E-state index < -0.39 is 0 Å². The van der Waals surface area contributed by atoms with E-state index in [0.29, 0.717) is 17.9 Å². The van der Waals surface area contributed by atoms with E-state index in [-0.39, 0.29) is 0 Å². The molecular formula is C11H27N5. The normalized spacial score (nSPS) is 14.4. The van der Waals surface area contributed by atoms with Crippen molar-refractivity contribution in [1.82, 2.24) is 15.6 Å². The molecule has 4 N–H and O–H groups in total. The quantitative estimate of drug-likeness (QED) is 0.267. The summed E-state index contributed by atoms with van der Waals surface area (Å²) in [5, 5.41) is 3.34. The molecule has 0 saturated heterocycles. The third kappa shape index (κ3) is 7.48. The van der Waals surface area contributed by atoms with Crippen LogP contribution in [0.25, 0.3) is 0 Å². The number of nitrogens with two attached hydrogens (primary N) is 1. The van der Waals surface area contributed by atoms with Crippen molar-refractivity contribution >= 4 is 5.96 Å². The number of hydrogen-bond acceptors (Lipinski definition) is 3. The lowest BCUT2D eigenvalue weighted by atomic mass is 10.0. The van der Waals surface area contributed by atoms with Crippen molar-refractivity contribution in [3.63, 3.8) is 0 Å². The summed E-state index contributed by atoms with van der Waals surface area (Å²) in [6, 6.07) is 0.372. The first-order valence-corrected chi connectivity index (χ1v) is 5.91. The molecule has 0 amide bonds. The number of hydrogen-bond donors (Lipinski definition) is 3. The van der Waals surface area contributed by atoms with Gasteiger partial charge >= 0.3 is 0 Å².